The molecule has 0 fully saturated rings. The van der Waals surface area contributed by atoms with Gasteiger partial charge in [-0.3, -0.25) is 0 Å². The van der Waals surface area contributed by atoms with E-state index >= 15 is 0 Å². The predicted octanol–water partition coefficient (Wildman–Crippen LogP) is 4.12. The maximum Gasteiger partial charge on any atom is 0.225 e. The van der Waals surface area contributed by atoms with Crippen LogP contribution in [0.2, 0.25) is 5.28 Å². The molecule has 0 spiro atoms. The number of nitrogens with zero attached hydrogens (tertiary/aromatic N) is 2. The zero-order chi connectivity index (χ0) is 13.7. The van der Waals surface area contributed by atoms with Crippen LogP contribution < -0.4 is 5.32 Å². The topological polar surface area (TPSA) is 37.8 Å². The molecule has 0 radical (unpaired) electrons. The highest BCUT2D eigenvalue weighted by atomic mass is 35.5. The molecule has 0 saturated carbocycles. The summed E-state index contributed by atoms with van der Waals surface area (Å²) in [5, 5.41) is 4.68. The summed E-state index contributed by atoms with van der Waals surface area (Å²) in [5.41, 5.74) is 0. The fourth-order valence-electron chi connectivity index (χ4n) is 1.81. The van der Waals surface area contributed by atoms with Crippen LogP contribution in [0.3, 0.4) is 0 Å². The number of fused-ring (bicyclic) bond motifs is 1. The molecule has 2 aromatic heterocycles. The average Bonchev–Trinajstić information content (AvgIpc) is 2.81. The summed E-state index contributed by atoms with van der Waals surface area (Å²) in [6, 6.07) is 2.14. The van der Waals surface area contributed by atoms with Crippen LogP contribution in [0.25, 0.3) is 10.2 Å². The first-order chi connectivity index (χ1) is 9.24. The van der Waals surface area contributed by atoms with E-state index in [4.69, 9.17) is 18.0 Å². The van der Waals surface area contributed by atoms with Crippen molar-refractivity contribution in [3.05, 3.63) is 16.2 Å². The number of terminal acetylenes is 1. The van der Waals surface area contributed by atoms with Gasteiger partial charge in [0.2, 0.25) is 5.28 Å². The van der Waals surface area contributed by atoms with Crippen LogP contribution in [0, 0.1) is 12.3 Å². The van der Waals surface area contributed by atoms with Gasteiger partial charge >= 0.3 is 0 Å². The van der Waals surface area contributed by atoms with Gasteiger partial charge in [-0.1, -0.05) is 6.92 Å². The van der Waals surface area contributed by atoms with Crippen molar-refractivity contribution >= 4 is 39.0 Å². The molecule has 2 rings (SSSR count). The first-order valence-electron chi connectivity index (χ1n) is 6.38. The number of aryl methyl sites for hydroxylation is 1. The van der Waals surface area contributed by atoms with Gasteiger partial charge in [-0.05, 0) is 36.9 Å². The SMILES string of the molecule is C#CCCCCNc1nc(Cl)nc2sc(CC)cc12. The second-order valence-corrected chi connectivity index (χ2v) is 5.67. The molecule has 3 nitrogen and oxygen atoms in total. The van der Waals surface area contributed by atoms with Gasteiger partial charge in [0, 0.05) is 17.8 Å². The van der Waals surface area contributed by atoms with E-state index in [1.54, 1.807) is 11.3 Å². The fourth-order valence-corrected chi connectivity index (χ4v) is 3.00. The Balaban J connectivity index is 2.12. The molecule has 0 aliphatic heterocycles. The third kappa shape index (κ3) is 3.59. The number of nitrogens with one attached hydrogen (secondary N) is 1. The summed E-state index contributed by atoms with van der Waals surface area (Å²) in [5.74, 6) is 3.47. The monoisotopic (exact) mass is 293 g/mol. The van der Waals surface area contributed by atoms with Gasteiger partial charge in [0.15, 0.2) is 0 Å². The van der Waals surface area contributed by atoms with Crippen molar-refractivity contribution in [3.63, 3.8) is 0 Å². The predicted molar refractivity (Wildman–Crippen MR) is 83.0 cm³/mol. The molecule has 2 aromatic rings. The molecule has 0 unspecified atom stereocenters. The van der Waals surface area contributed by atoms with Gasteiger partial charge in [-0.25, -0.2) is 9.97 Å². The molecule has 1 N–H and O–H groups in total. The smallest absolute Gasteiger partial charge is 0.225 e. The number of thiophene rings is 1. The Labute approximate surface area is 122 Å². The lowest BCUT2D eigenvalue weighted by molar-refractivity contribution is 0.788. The summed E-state index contributed by atoms with van der Waals surface area (Å²) in [6.07, 6.45) is 9.10. The zero-order valence-electron chi connectivity index (χ0n) is 10.9. The van der Waals surface area contributed by atoms with Crippen molar-refractivity contribution in [1.29, 1.82) is 0 Å². The number of aromatic nitrogens is 2. The van der Waals surface area contributed by atoms with E-state index in [9.17, 15) is 0 Å². The van der Waals surface area contributed by atoms with Gasteiger partial charge in [0.05, 0.1) is 5.39 Å². The van der Waals surface area contributed by atoms with E-state index in [2.05, 4.69) is 34.2 Å². The van der Waals surface area contributed by atoms with Gasteiger partial charge < -0.3 is 5.32 Å². The second-order valence-electron chi connectivity index (χ2n) is 4.21. The molecule has 0 aliphatic carbocycles. The van der Waals surface area contributed by atoms with Crippen LogP contribution in [0.5, 0.6) is 0 Å². The van der Waals surface area contributed by atoms with Crippen molar-refractivity contribution in [2.24, 2.45) is 0 Å². The van der Waals surface area contributed by atoms with E-state index in [0.29, 0.717) is 5.28 Å². The molecule has 19 heavy (non-hydrogen) atoms. The minimum absolute atomic E-state index is 0.295. The third-order valence-electron chi connectivity index (χ3n) is 2.81. The Bertz CT molecular complexity index is 600. The molecule has 2 heterocycles. The van der Waals surface area contributed by atoms with Crippen molar-refractivity contribution < 1.29 is 0 Å². The summed E-state index contributed by atoms with van der Waals surface area (Å²) < 4.78 is 0. The Morgan fingerprint density at radius 3 is 3.00 bits per heavy atom. The molecule has 0 atom stereocenters. The number of hydrogen-bond acceptors (Lipinski definition) is 4. The lowest BCUT2D eigenvalue weighted by Gasteiger charge is -2.06. The van der Waals surface area contributed by atoms with E-state index < -0.39 is 0 Å². The van der Waals surface area contributed by atoms with Crippen molar-refractivity contribution in [1.82, 2.24) is 9.97 Å². The summed E-state index contributed by atoms with van der Waals surface area (Å²) >= 11 is 7.63. The maximum absolute atomic E-state index is 5.96. The maximum atomic E-state index is 5.96. The van der Waals surface area contributed by atoms with Crippen LogP contribution in [-0.2, 0) is 6.42 Å². The Morgan fingerprint density at radius 1 is 1.42 bits per heavy atom. The van der Waals surface area contributed by atoms with E-state index in [1.807, 2.05) is 0 Å². The molecule has 0 aromatic carbocycles. The molecule has 100 valence electrons. The van der Waals surface area contributed by atoms with Crippen molar-refractivity contribution in [2.75, 3.05) is 11.9 Å². The largest absolute Gasteiger partial charge is 0.369 e. The Hall–Kier alpha value is -1.31. The first kappa shape index (κ1) is 14.1. The lowest BCUT2D eigenvalue weighted by atomic mass is 10.2. The summed E-state index contributed by atoms with van der Waals surface area (Å²) in [6.45, 7) is 2.98. The number of hydrogen-bond donors (Lipinski definition) is 1. The van der Waals surface area contributed by atoms with Crippen molar-refractivity contribution in [3.8, 4) is 12.3 Å². The summed E-state index contributed by atoms with van der Waals surface area (Å²) in [7, 11) is 0. The van der Waals surface area contributed by atoms with Gasteiger partial charge in [0.1, 0.15) is 10.6 Å². The number of anilines is 1. The highest BCUT2D eigenvalue weighted by Crippen LogP contribution is 2.30. The van der Waals surface area contributed by atoms with Gasteiger partial charge in [-0.2, -0.15) is 0 Å². The number of rotatable bonds is 6. The number of halogens is 1. The molecular formula is C14H16ClN3S. The molecule has 0 amide bonds. The standard InChI is InChI=1S/C14H16ClN3S/c1-3-5-6-7-8-16-12-11-9-10(4-2)19-13(11)18-14(15)17-12/h1,9H,4-8H2,2H3,(H,16,17,18). The first-order valence-corrected chi connectivity index (χ1v) is 7.57. The normalized spacial score (nSPS) is 10.6. The molecule has 5 heteroatoms. The molecule has 0 saturated heterocycles. The van der Waals surface area contributed by atoms with E-state index in [0.717, 1.165) is 48.3 Å². The fraction of sp³-hybridized carbons (Fsp3) is 0.429. The minimum atomic E-state index is 0.295. The number of unbranched alkanes of at least 4 members (excludes halogenated alkanes) is 2. The second kappa shape index (κ2) is 6.74. The van der Waals surface area contributed by atoms with Gasteiger partial charge in [0.25, 0.3) is 0 Å². The minimum Gasteiger partial charge on any atom is -0.369 e. The highest BCUT2D eigenvalue weighted by molar-refractivity contribution is 7.18. The molecule has 0 aliphatic rings. The van der Waals surface area contributed by atoms with Crippen LogP contribution in [-0.4, -0.2) is 16.5 Å². The van der Waals surface area contributed by atoms with Crippen LogP contribution in [0.4, 0.5) is 5.82 Å². The highest BCUT2D eigenvalue weighted by Gasteiger charge is 2.09. The van der Waals surface area contributed by atoms with Crippen molar-refractivity contribution in [2.45, 2.75) is 32.6 Å². The molecular weight excluding hydrogens is 278 g/mol. The Kier molecular flexibility index (Phi) is 5.00. The van der Waals surface area contributed by atoms with E-state index in [-0.39, 0.29) is 0 Å². The Morgan fingerprint density at radius 2 is 2.26 bits per heavy atom. The van der Waals surface area contributed by atoms with Gasteiger partial charge in [-0.15, -0.1) is 23.7 Å². The molecule has 0 bridgehead atoms. The third-order valence-corrected chi connectivity index (χ3v) is 4.15. The van der Waals surface area contributed by atoms with Crippen LogP contribution in [0.15, 0.2) is 6.07 Å². The van der Waals surface area contributed by atoms with Crippen LogP contribution >= 0.6 is 22.9 Å². The summed E-state index contributed by atoms with van der Waals surface area (Å²) in [4.78, 5) is 10.8. The van der Waals surface area contributed by atoms with E-state index in [1.165, 1.54) is 4.88 Å². The zero-order valence-corrected chi connectivity index (χ0v) is 12.4. The van der Waals surface area contributed by atoms with Crippen LogP contribution in [0.1, 0.15) is 31.1 Å². The quantitative estimate of drug-likeness (QED) is 0.494. The lowest BCUT2D eigenvalue weighted by Crippen LogP contribution is -2.04. The average molecular weight is 294 g/mol.